The quantitative estimate of drug-likeness (QED) is 0.536. The Morgan fingerprint density at radius 2 is 1.84 bits per heavy atom. The first kappa shape index (κ1) is 26.9. The number of methoxy groups -OCH3 is 1. The van der Waals surface area contributed by atoms with E-state index in [-0.39, 0.29) is 30.6 Å². The molecule has 2 aliphatic rings. The van der Waals surface area contributed by atoms with Crippen molar-refractivity contribution >= 4 is 29.6 Å². The van der Waals surface area contributed by atoms with Crippen molar-refractivity contribution in [3.63, 3.8) is 0 Å². The number of ether oxygens (including phenoxy) is 3. The van der Waals surface area contributed by atoms with Gasteiger partial charge in [-0.05, 0) is 44.4 Å². The lowest BCUT2D eigenvalue weighted by atomic mass is 10.0. The molecule has 0 spiro atoms. The summed E-state index contributed by atoms with van der Waals surface area (Å²) in [5.74, 6) is 0.734. The molecule has 200 valence electrons. The third-order valence-corrected chi connectivity index (χ3v) is 6.42. The largest absolute Gasteiger partial charge is 0.445 e. The normalized spacial score (nSPS) is 17.9. The molecule has 11 heteroatoms. The van der Waals surface area contributed by atoms with E-state index in [1.807, 2.05) is 51.1 Å². The van der Waals surface area contributed by atoms with Gasteiger partial charge in [0.1, 0.15) is 18.0 Å². The zero-order valence-corrected chi connectivity index (χ0v) is 22.5. The molecule has 1 aromatic carbocycles. The van der Waals surface area contributed by atoms with Crippen LogP contribution in [-0.2, 0) is 33.8 Å². The molecule has 10 nitrogen and oxygen atoms in total. The molecule has 0 bridgehead atoms. The second kappa shape index (κ2) is 11.5. The van der Waals surface area contributed by atoms with Gasteiger partial charge < -0.3 is 24.0 Å². The summed E-state index contributed by atoms with van der Waals surface area (Å²) in [6.07, 6.45) is -0.178. The molecule has 0 unspecified atom stereocenters. The summed E-state index contributed by atoms with van der Waals surface area (Å²) in [5.41, 5.74) is 2.00. The fourth-order valence-corrected chi connectivity index (χ4v) is 4.73. The number of halogens is 1. The number of hydrogen-bond donors (Lipinski definition) is 0. The number of anilines is 1. The van der Waals surface area contributed by atoms with E-state index in [2.05, 4.69) is 14.9 Å². The predicted octanol–water partition coefficient (Wildman–Crippen LogP) is 3.90. The van der Waals surface area contributed by atoms with Crippen molar-refractivity contribution in [3.8, 4) is 0 Å². The third kappa shape index (κ3) is 6.81. The Morgan fingerprint density at radius 3 is 2.54 bits per heavy atom. The number of piperazine rings is 1. The number of amides is 2. The molecule has 0 saturated carbocycles. The standard InChI is InChI=1S/C26H34ClN5O5/c1-26(2,3)37-25(34)32-13-12-30(14-19(32)17-35-4)22-20-10-11-31(15-21(20)28-23(27)29-22)24(33)36-16-18-8-6-5-7-9-18/h5-9,19H,10-17H2,1-4H3/t19-/m0/s1. The van der Waals surface area contributed by atoms with Crippen LogP contribution in [0.25, 0.3) is 0 Å². The maximum absolute atomic E-state index is 12.8. The molecule has 1 fully saturated rings. The Bertz CT molecular complexity index is 1110. The first-order valence-electron chi connectivity index (χ1n) is 12.4. The molecule has 1 atom stereocenters. The van der Waals surface area contributed by atoms with Crippen LogP contribution in [0.15, 0.2) is 30.3 Å². The highest BCUT2D eigenvalue weighted by molar-refractivity contribution is 6.28. The van der Waals surface area contributed by atoms with Gasteiger partial charge in [-0.15, -0.1) is 0 Å². The number of benzene rings is 1. The van der Waals surface area contributed by atoms with Crippen LogP contribution in [0.5, 0.6) is 0 Å². The number of rotatable bonds is 5. The molecule has 0 aliphatic carbocycles. The van der Waals surface area contributed by atoms with E-state index in [0.717, 1.165) is 16.9 Å². The number of aromatic nitrogens is 2. The summed E-state index contributed by atoms with van der Waals surface area (Å²) in [4.78, 5) is 40.0. The first-order chi connectivity index (χ1) is 17.6. The molecule has 1 saturated heterocycles. The molecule has 4 rings (SSSR count). The maximum atomic E-state index is 12.8. The number of carbonyl (C=O) groups is 2. The fourth-order valence-electron chi connectivity index (χ4n) is 4.55. The summed E-state index contributed by atoms with van der Waals surface area (Å²) < 4.78 is 16.5. The monoisotopic (exact) mass is 531 g/mol. The highest BCUT2D eigenvalue weighted by Crippen LogP contribution is 2.30. The lowest BCUT2D eigenvalue weighted by molar-refractivity contribution is 0.00336. The van der Waals surface area contributed by atoms with E-state index in [0.29, 0.717) is 44.9 Å². The minimum Gasteiger partial charge on any atom is -0.445 e. The molecular formula is C26H34ClN5O5. The van der Waals surface area contributed by atoms with Crippen LogP contribution in [0, 0.1) is 0 Å². The zero-order chi connectivity index (χ0) is 26.6. The Balaban J connectivity index is 1.46. The molecule has 2 aromatic rings. The van der Waals surface area contributed by atoms with E-state index in [4.69, 9.17) is 25.8 Å². The average Bonchev–Trinajstić information content (AvgIpc) is 2.86. The number of nitrogens with zero attached hydrogens (tertiary/aromatic N) is 5. The van der Waals surface area contributed by atoms with Crippen molar-refractivity contribution in [2.75, 3.05) is 44.8 Å². The molecule has 3 heterocycles. The van der Waals surface area contributed by atoms with E-state index < -0.39 is 11.7 Å². The van der Waals surface area contributed by atoms with Gasteiger partial charge >= 0.3 is 12.2 Å². The van der Waals surface area contributed by atoms with E-state index in [1.165, 1.54) is 0 Å². The minimum absolute atomic E-state index is 0.117. The third-order valence-electron chi connectivity index (χ3n) is 6.25. The van der Waals surface area contributed by atoms with Gasteiger partial charge in [0.15, 0.2) is 0 Å². The van der Waals surface area contributed by atoms with Crippen LogP contribution < -0.4 is 4.90 Å². The van der Waals surface area contributed by atoms with Gasteiger partial charge in [-0.1, -0.05) is 30.3 Å². The van der Waals surface area contributed by atoms with Crippen LogP contribution in [-0.4, -0.2) is 83.5 Å². The summed E-state index contributed by atoms with van der Waals surface area (Å²) in [6.45, 7) is 8.41. The van der Waals surface area contributed by atoms with Crippen molar-refractivity contribution in [1.29, 1.82) is 0 Å². The number of fused-ring (bicyclic) bond motifs is 1. The minimum atomic E-state index is -0.584. The summed E-state index contributed by atoms with van der Waals surface area (Å²) in [5, 5.41) is 0.117. The van der Waals surface area contributed by atoms with Crippen molar-refractivity contribution in [3.05, 3.63) is 52.4 Å². The van der Waals surface area contributed by atoms with Gasteiger partial charge in [0.25, 0.3) is 0 Å². The smallest absolute Gasteiger partial charge is 0.410 e. The fraction of sp³-hybridized carbons (Fsp3) is 0.538. The Hall–Kier alpha value is -3.11. The summed E-state index contributed by atoms with van der Waals surface area (Å²) in [6, 6.07) is 9.35. The summed E-state index contributed by atoms with van der Waals surface area (Å²) in [7, 11) is 1.61. The molecular weight excluding hydrogens is 498 g/mol. The SMILES string of the molecule is COC[C@@H]1CN(c2nc(Cl)nc3c2CCN(C(=O)OCc2ccccc2)C3)CCN1C(=O)OC(C)(C)C. The second-order valence-corrected chi connectivity index (χ2v) is 10.5. The van der Waals surface area contributed by atoms with E-state index in [9.17, 15) is 9.59 Å². The van der Waals surface area contributed by atoms with Crippen molar-refractivity contribution < 1.29 is 23.8 Å². The number of hydrogen-bond acceptors (Lipinski definition) is 8. The van der Waals surface area contributed by atoms with Crippen LogP contribution in [0.2, 0.25) is 5.28 Å². The maximum Gasteiger partial charge on any atom is 0.410 e. The van der Waals surface area contributed by atoms with Crippen LogP contribution in [0.4, 0.5) is 15.4 Å². The zero-order valence-electron chi connectivity index (χ0n) is 21.8. The molecule has 0 radical (unpaired) electrons. The van der Waals surface area contributed by atoms with Gasteiger partial charge in [0.05, 0.1) is 24.9 Å². The van der Waals surface area contributed by atoms with Gasteiger partial charge in [-0.2, -0.15) is 0 Å². The van der Waals surface area contributed by atoms with Gasteiger partial charge in [-0.25, -0.2) is 19.6 Å². The van der Waals surface area contributed by atoms with E-state index >= 15 is 0 Å². The first-order valence-corrected chi connectivity index (χ1v) is 12.8. The van der Waals surface area contributed by atoms with Gasteiger partial charge in [0, 0.05) is 38.9 Å². The van der Waals surface area contributed by atoms with Crippen molar-refractivity contribution in [2.45, 2.75) is 52.0 Å². The summed E-state index contributed by atoms with van der Waals surface area (Å²) >= 11 is 6.33. The number of carbonyl (C=O) groups excluding carboxylic acids is 2. The Morgan fingerprint density at radius 1 is 1.08 bits per heavy atom. The van der Waals surface area contributed by atoms with Crippen LogP contribution >= 0.6 is 11.6 Å². The molecule has 37 heavy (non-hydrogen) atoms. The lowest BCUT2D eigenvalue weighted by Gasteiger charge is -2.42. The van der Waals surface area contributed by atoms with Crippen LogP contribution in [0.3, 0.4) is 0 Å². The van der Waals surface area contributed by atoms with Gasteiger partial charge in [0.2, 0.25) is 5.28 Å². The van der Waals surface area contributed by atoms with Crippen molar-refractivity contribution in [1.82, 2.24) is 19.8 Å². The second-order valence-electron chi connectivity index (χ2n) is 10.2. The van der Waals surface area contributed by atoms with Crippen molar-refractivity contribution in [2.24, 2.45) is 0 Å². The lowest BCUT2D eigenvalue weighted by Crippen LogP contribution is -2.58. The molecule has 0 N–H and O–H groups in total. The molecule has 1 aromatic heterocycles. The Labute approximate surface area is 222 Å². The highest BCUT2D eigenvalue weighted by Gasteiger charge is 2.36. The molecule has 2 aliphatic heterocycles. The van der Waals surface area contributed by atoms with E-state index in [1.54, 1.807) is 16.9 Å². The molecule has 2 amide bonds. The topological polar surface area (TPSA) is 97.3 Å². The predicted molar refractivity (Wildman–Crippen MR) is 139 cm³/mol. The van der Waals surface area contributed by atoms with Gasteiger partial charge in [-0.3, -0.25) is 4.90 Å². The average molecular weight is 532 g/mol. The Kier molecular flexibility index (Phi) is 8.39. The highest BCUT2D eigenvalue weighted by atomic mass is 35.5. The van der Waals surface area contributed by atoms with Crippen LogP contribution in [0.1, 0.15) is 37.6 Å².